The molecule has 0 radical (unpaired) electrons. The Morgan fingerprint density at radius 3 is 3.12 bits per heavy atom. The average Bonchev–Trinajstić information content (AvgIpc) is 3.14. The Hall–Kier alpha value is -2.47. The first kappa shape index (κ1) is 16.0. The second-order valence-electron chi connectivity index (χ2n) is 6.34. The lowest BCUT2D eigenvalue weighted by Gasteiger charge is -2.29. The standard InChI is InChI=1S/C19H19FN2O3/c20-17-3-1-2-14-11-22(8-5-16(14)17)19(23)13-4-7-21-18(10-13)25-15-6-9-24-12-15/h1-4,7,10,15H,5-6,8-9,11-12H2/t15-/m0/s1. The number of rotatable bonds is 3. The van der Waals surface area contributed by atoms with Crippen LogP contribution in [0.15, 0.2) is 36.5 Å². The van der Waals surface area contributed by atoms with E-state index in [1.54, 1.807) is 29.3 Å². The van der Waals surface area contributed by atoms with Gasteiger partial charge in [-0.15, -0.1) is 0 Å². The lowest BCUT2D eigenvalue weighted by molar-refractivity contribution is 0.0732. The number of nitrogens with zero attached hydrogens (tertiary/aromatic N) is 2. The molecule has 0 bridgehead atoms. The highest BCUT2D eigenvalue weighted by Gasteiger charge is 2.24. The van der Waals surface area contributed by atoms with Gasteiger partial charge in [-0.2, -0.15) is 0 Å². The summed E-state index contributed by atoms with van der Waals surface area (Å²) in [5, 5.41) is 0. The number of halogens is 1. The summed E-state index contributed by atoms with van der Waals surface area (Å²) in [5.41, 5.74) is 2.11. The third kappa shape index (κ3) is 3.35. The second kappa shape index (κ2) is 6.80. The quantitative estimate of drug-likeness (QED) is 0.860. The number of amides is 1. The molecular weight excluding hydrogens is 323 g/mol. The van der Waals surface area contributed by atoms with Gasteiger partial charge in [-0.25, -0.2) is 9.37 Å². The Balaban J connectivity index is 1.49. The van der Waals surface area contributed by atoms with Crippen molar-refractivity contribution in [1.82, 2.24) is 9.88 Å². The number of aromatic nitrogens is 1. The molecule has 2 aliphatic heterocycles. The first-order valence-corrected chi connectivity index (χ1v) is 8.47. The van der Waals surface area contributed by atoms with Crippen LogP contribution in [0.1, 0.15) is 27.9 Å². The minimum atomic E-state index is -0.192. The Labute approximate surface area is 145 Å². The third-order valence-corrected chi connectivity index (χ3v) is 4.65. The summed E-state index contributed by atoms with van der Waals surface area (Å²) in [5.74, 6) is 0.151. The highest BCUT2D eigenvalue weighted by Crippen LogP contribution is 2.24. The molecule has 25 heavy (non-hydrogen) atoms. The van der Waals surface area contributed by atoms with Crippen LogP contribution in [0.2, 0.25) is 0 Å². The molecule has 1 aromatic carbocycles. The van der Waals surface area contributed by atoms with Crippen molar-refractivity contribution < 1.29 is 18.7 Å². The van der Waals surface area contributed by atoms with Crippen LogP contribution in [-0.2, 0) is 17.7 Å². The zero-order valence-corrected chi connectivity index (χ0v) is 13.8. The number of fused-ring (bicyclic) bond motifs is 1. The number of hydrogen-bond donors (Lipinski definition) is 0. The van der Waals surface area contributed by atoms with Crippen LogP contribution in [0.5, 0.6) is 5.88 Å². The van der Waals surface area contributed by atoms with Crippen LogP contribution in [0.3, 0.4) is 0 Å². The molecule has 0 N–H and O–H groups in total. The minimum Gasteiger partial charge on any atom is -0.472 e. The predicted octanol–water partition coefficient (Wildman–Crippen LogP) is 2.59. The Morgan fingerprint density at radius 2 is 2.28 bits per heavy atom. The van der Waals surface area contributed by atoms with Gasteiger partial charge in [-0.3, -0.25) is 4.79 Å². The Bertz CT molecular complexity index is 790. The van der Waals surface area contributed by atoms with E-state index in [0.717, 1.165) is 12.0 Å². The summed E-state index contributed by atoms with van der Waals surface area (Å²) in [6.45, 7) is 2.16. The van der Waals surface area contributed by atoms with Crippen molar-refractivity contribution >= 4 is 5.91 Å². The molecule has 6 heteroatoms. The summed E-state index contributed by atoms with van der Waals surface area (Å²) < 4.78 is 24.9. The smallest absolute Gasteiger partial charge is 0.254 e. The predicted molar refractivity (Wildman–Crippen MR) is 88.9 cm³/mol. The first-order valence-electron chi connectivity index (χ1n) is 8.47. The number of ether oxygens (including phenoxy) is 2. The molecule has 1 aromatic heterocycles. The molecule has 1 fully saturated rings. The molecular formula is C19H19FN2O3. The van der Waals surface area contributed by atoms with Gasteiger partial charge in [-0.05, 0) is 29.7 Å². The molecule has 0 spiro atoms. The molecule has 0 aliphatic carbocycles. The summed E-state index contributed by atoms with van der Waals surface area (Å²) in [7, 11) is 0. The molecule has 2 aliphatic rings. The molecule has 1 atom stereocenters. The van der Waals surface area contributed by atoms with Crippen molar-refractivity contribution in [1.29, 1.82) is 0 Å². The van der Waals surface area contributed by atoms with Crippen LogP contribution in [0, 0.1) is 5.82 Å². The van der Waals surface area contributed by atoms with Crippen LogP contribution >= 0.6 is 0 Å². The maximum Gasteiger partial charge on any atom is 0.254 e. The maximum absolute atomic E-state index is 13.8. The van der Waals surface area contributed by atoms with Gasteiger partial charge >= 0.3 is 0 Å². The Morgan fingerprint density at radius 1 is 1.36 bits per heavy atom. The lowest BCUT2D eigenvalue weighted by Crippen LogP contribution is -2.36. The molecule has 130 valence electrons. The second-order valence-corrected chi connectivity index (χ2v) is 6.34. The molecule has 1 amide bonds. The van der Waals surface area contributed by atoms with E-state index in [1.165, 1.54) is 6.07 Å². The highest BCUT2D eigenvalue weighted by molar-refractivity contribution is 5.94. The first-order chi connectivity index (χ1) is 12.2. The van der Waals surface area contributed by atoms with Crippen molar-refractivity contribution in [3.8, 4) is 5.88 Å². The summed E-state index contributed by atoms with van der Waals surface area (Å²) >= 11 is 0. The van der Waals surface area contributed by atoms with Gasteiger partial charge in [-0.1, -0.05) is 12.1 Å². The zero-order chi connectivity index (χ0) is 17.2. The lowest BCUT2D eigenvalue weighted by atomic mass is 9.98. The molecule has 3 heterocycles. The van der Waals surface area contributed by atoms with E-state index in [1.807, 2.05) is 6.07 Å². The van der Waals surface area contributed by atoms with Crippen LogP contribution < -0.4 is 4.74 Å². The fourth-order valence-electron chi connectivity index (χ4n) is 3.30. The van der Waals surface area contributed by atoms with Gasteiger partial charge in [0, 0.05) is 37.3 Å². The Kier molecular flexibility index (Phi) is 4.36. The SMILES string of the molecule is O=C(c1ccnc(O[C@H]2CCOC2)c1)N1CCc2c(F)cccc2C1. The number of benzene rings is 1. The molecule has 4 rings (SSSR count). The van der Waals surface area contributed by atoms with E-state index in [-0.39, 0.29) is 17.8 Å². The summed E-state index contributed by atoms with van der Waals surface area (Å²) in [6, 6.07) is 8.38. The molecule has 0 unspecified atom stereocenters. The molecule has 2 aromatic rings. The van der Waals surface area contributed by atoms with Crippen LogP contribution in [-0.4, -0.2) is 41.7 Å². The molecule has 1 saturated heterocycles. The summed E-state index contributed by atoms with van der Waals surface area (Å²) in [4.78, 5) is 18.7. The van der Waals surface area contributed by atoms with Gasteiger partial charge in [0.25, 0.3) is 5.91 Å². The van der Waals surface area contributed by atoms with Gasteiger partial charge in [0.05, 0.1) is 13.2 Å². The van der Waals surface area contributed by atoms with Gasteiger partial charge in [0.15, 0.2) is 0 Å². The number of carbonyl (C=O) groups is 1. The van der Waals surface area contributed by atoms with Crippen molar-refractivity contribution in [2.24, 2.45) is 0 Å². The van der Waals surface area contributed by atoms with Gasteiger partial charge in [0.2, 0.25) is 5.88 Å². The molecule has 5 nitrogen and oxygen atoms in total. The van der Waals surface area contributed by atoms with E-state index < -0.39 is 0 Å². The van der Waals surface area contributed by atoms with Gasteiger partial charge < -0.3 is 14.4 Å². The number of hydrogen-bond acceptors (Lipinski definition) is 4. The molecule has 0 saturated carbocycles. The highest BCUT2D eigenvalue weighted by atomic mass is 19.1. The van der Waals surface area contributed by atoms with E-state index in [2.05, 4.69) is 4.98 Å². The summed E-state index contributed by atoms with van der Waals surface area (Å²) in [6.07, 6.45) is 2.92. The largest absolute Gasteiger partial charge is 0.472 e. The third-order valence-electron chi connectivity index (χ3n) is 4.65. The normalized spacial score (nSPS) is 19.6. The van der Waals surface area contributed by atoms with Crippen molar-refractivity contribution in [3.63, 3.8) is 0 Å². The number of pyridine rings is 1. The van der Waals surface area contributed by atoms with Crippen LogP contribution in [0.25, 0.3) is 0 Å². The fourth-order valence-corrected chi connectivity index (χ4v) is 3.30. The van der Waals surface area contributed by atoms with E-state index in [4.69, 9.17) is 9.47 Å². The minimum absolute atomic E-state index is 0.0114. The average molecular weight is 342 g/mol. The monoisotopic (exact) mass is 342 g/mol. The van der Waals surface area contributed by atoms with E-state index in [9.17, 15) is 9.18 Å². The zero-order valence-electron chi connectivity index (χ0n) is 13.8. The van der Waals surface area contributed by atoms with Crippen molar-refractivity contribution in [2.75, 3.05) is 19.8 Å². The maximum atomic E-state index is 13.8. The van der Waals surface area contributed by atoms with E-state index >= 15 is 0 Å². The van der Waals surface area contributed by atoms with Gasteiger partial charge in [0.1, 0.15) is 11.9 Å². The van der Waals surface area contributed by atoms with Crippen molar-refractivity contribution in [2.45, 2.75) is 25.5 Å². The topological polar surface area (TPSA) is 51.7 Å². The van der Waals surface area contributed by atoms with Crippen LogP contribution in [0.4, 0.5) is 4.39 Å². The van der Waals surface area contributed by atoms with Crippen molar-refractivity contribution in [3.05, 3.63) is 59.0 Å². The fraction of sp³-hybridized carbons (Fsp3) is 0.368. The van der Waals surface area contributed by atoms with E-state index in [0.29, 0.717) is 49.7 Å². The number of carbonyl (C=O) groups excluding carboxylic acids is 1.